The van der Waals surface area contributed by atoms with Gasteiger partial charge in [0.1, 0.15) is 0 Å². The van der Waals surface area contributed by atoms with E-state index in [1.54, 1.807) is 6.07 Å². The second-order valence-corrected chi connectivity index (χ2v) is 4.44. The summed E-state index contributed by atoms with van der Waals surface area (Å²) in [5.41, 5.74) is 7.76. The average molecular weight is 232 g/mol. The molecule has 1 aliphatic rings. The summed E-state index contributed by atoms with van der Waals surface area (Å²) in [7, 11) is 0. The Morgan fingerprint density at radius 2 is 2.07 bits per heavy atom. The SMILES string of the molecule is N[C@H]1c2c(Cl)cc(Cl)cc2CC[C@@H]1O. The molecule has 0 aromatic heterocycles. The third kappa shape index (κ3) is 1.63. The van der Waals surface area contributed by atoms with Crippen molar-refractivity contribution < 1.29 is 5.11 Å². The molecule has 0 saturated heterocycles. The van der Waals surface area contributed by atoms with Crippen molar-refractivity contribution in [2.45, 2.75) is 25.0 Å². The Morgan fingerprint density at radius 1 is 1.36 bits per heavy atom. The molecule has 2 nitrogen and oxygen atoms in total. The molecule has 0 bridgehead atoms. The first-order chi connectivity index (χ1) is 6.59. The molecule has 2 atom stereocenters. The number of aliphatic hydroxyl groups excluding tert-OH is 1. The smallest absolute Gasteiger partial charge is 0.0736 e. The van der Waals surface area contributed by atoms with Crippen LogP contribution in [0.2, 0.25) is 10.0 Å². The summed E-state index contributed by atoms with van der Waals surface area (Å²) in [5.74, 6) is 0. The van der Waals surface area contributed by atoms with E-state index in [4.69, 9.17) is 28.9 Å². The number of nitrogens with two attached hydrogens (primary N) is 1. The van der Waals surface area contributed by atoms with Gasteiger partial charge in [0.05, 0.1) is 12.1 Å². The van der Waals surface area contributed by atoms with Crippen molar-refractivity contribution in [3.8, 4) is 0 Å². The van der Waals surface area contributed by atoms with Gasteiger partial charge >= 0.3 is 0 Å². The van der Waals surface area contributed by atoms with E-state index in [1.807, 2.05) is 6.07 Å². The molecule has 0 fully saturated rings. The van der Waals surface area contributed by atoms with E-state index < -0.39 is 6.10 Å². The lowest BCUT2D eigenvalue weighted by atomic mass is 9.86. The minimum absolute atomic E-state index is 0.386. The third-order valence-electron chi connectivity index (χ3n) is 2.64. The fourth-order valence-corrected chi connectivity index (χ4v) is 2.56. The normalized spacial score (nSPS) is 26.0. The Labute approximate surface area is 92.6 Å². The average Bonchev–Trinajstić information content (AvgIpc) is 2.10. The monoisotopic (exact) mass is 231 g/mol. The van der Waals surface area contributed by atoms with E-state index in [9.17, 15) is 5.11 Å². The molecule has 1 aromatic carbocycles. The largest absolute Gasteiger partial charge is 0.391 e. The van der Waals surface area contributed by atoms with Gasteiger partial charge < -0.3 is 10.8 Å². The fraction of sp³-hybridized carbons (Fsp3) is 0.400. The Balaban J connectivity index is 2.54. The molecule has 2 rings (SSSR count). The molecule has 1 aromatic rings. The van der Waals surface area contributed by atoms with Gasteiger partial charge in [-0.2, -0.15) is 0 Å². The lowest BCUT2D eigenvalue weighted by molar-refractivity contribution is 0.128. The molecule has 4 heteroatoms. The number of aliphatic hydroxyl groups is 1. The zero-order chi connectivity index (χ0) is 10.3. The minimum atomic E-state index is -0.499. The summed E-state index contributed by atoms with van der Waals surface area (Å²) >= 11 is 11.9. The highest BCUT2D eigenvalue weighted by Gasteiger charge is 2.27. The van der Waals surface area contributed by atoms with Crippen LogP contribution in [0.5, 0.6) is 0 Å². The van der Waals surface area contributed by atoms with Gasteiger partial charge in [-0.05, 0) is 36.1 Å². The molecule has 0 amide bonds. The maximum Gasteiger partial charge on any atom is 0.0736 e. The van der Waals surface area contributed by atoms with Crippen LogP contribution in [0.15, 0.2) is 12.1 Å². The second kappa shape index (κ2) is 3.70. The van der Waals surface area contributed by atoms with Gasteiger partial charge in [-0.15, -0.1) is 0 Å². The van der Waals surface area contributed by atoms with Crippen LogP contribution >= 0.6 is 23.2 Å². The van der Waals surface area contributed by atoms with Crippen molar-refractivity contribution >= 4 is 23.2 Å². The lowest BCUT2D eigenvalue weighted by Crippen LogP contribution is -2.31. The van der Waals surface area contributed by atoms with Gasteiger partial charge in [0, 0.05) is 10.0 Å². The maximum absolute atomic E-state index is 9.60. The van der Waals surface area contributed by atoms with E-state index in [2.05, 4.69) is 0 Å². The predicted octanol–water partition coefficient (Wildman–Crippen LogP) is 2.30. The van der Waals surface area contributed by atoms with E-state index >= 15 is 0 Å². The van der Waals surface area contributed by atoms with Crippen molar-refractivity contribution in [2.75, 3.05) is 0 Å². The number of aryl methyl sites for hydroxylation is 1. The zero-order valence-corrected chi connectivity index (χ0v) is 9.02. The quantitative estimate of drug-likeness (QED) is 0.720. The standard InChI is InChI=1S/C10H11Cl2NO/c11-6-3-5-1-2-8(14)10(13)9(5)7(12)4-6/h3-4,8,10,14H,1-2,13H2/t8-,10+/m0/s1. The van der Waals surface area contributed by atoms with E-state index in [0.717, 1.165) is 17.5 Å². The van der Waals surface area contributed by atoms with Crippen LogP contribution in [0.4, 0.5) is 0 Å². The van der Waals surface area contributed by atoms with Crippen LogP contribution in [0.1, 0.15) is 23.6 Å². The van der Waals surface area contributed by atoms with Crippen molar-refractivity contribution in [1.29, 1.82) is 0 Å². The predicted molar refractivity (Wildman–Crippen MR) is 57.7 cm³/mol. The molecule has 3 N–H and O–H groups in total. The summed E-state index contributed by atoms with van der Waals surface area (Å²) in [4.78, 5) is 0. The van der Waals surface area contributed by atoms with Gasteiger partial charge in [-0.3, -0.25) is 0 Å². The topological polar surface area (TPSA) is 46.2 Å². The Kier molecular flexibility index (Phi) is 2.71. The van der Waals surface area contributed by atoms with E-state index in [1.165, 1.54) is 0 Å². The molecule has 0 unspecified atom stereocenters. The fourth-order valence-electron chi connectivity index (χ4n) is 1.89. The third-order valence-corrected chi connectivity index (χ3v) is 3.17. The maximum atomic E-state index is 9.60. The van der Waals surface area contributed by atoms with Crippen LogP contribution < -0.4 is 5.73 Å². The first-order valence-corrected chi connectivity index (χ1v) is 5.26. The molecule has 0 spiro atoms. The molecule has 76 valence electrons. The second-order valence-electron chi connectivity index (χ2n) is 3.59. The van der Waals surface area contributed by atoms with Gasteiger partial charge in [0.15, 0.2) is 0 Å². The summed E-state index contributed by atoms with van der Waals surface area (Å²) in [6.07, 6.45) is 0.955. The van der Waals surface area contributed by atoms with Gasteiger partial charge in [0.2, 0.25) is 0 Å². The number of fused-ring (bicyclic) bond motifs is 1. The number of hydrogen-bond donors (Lipinski definition) is 2. The zero-order valence-electron chi connectivity index (χ0n) is 7.50. The van der Waals surface area contributed by atoms with Gasteiger partial charge in [-0.25, -0.2) is 0 Å². The Morgan fingerprint density at radius 3 is 2.79 bits per heavy atom. The first-order valence-electron chi connectivity index (χ1n) is 4.51. The number of benzene rings is 1. The van der Waals surface area contributed by atoms with Crippen LogP contribution in [-0.2, 0) is 6.42 Å². The van der Waals surface area contributed by atoms with Crippen LogP contribution in [0.25, 0.3) is 0 Å². The van der Waals surface area contributed by atoms with E-state index in [-0.39, 0.29) is 6.04 Å². The molecule has 0 radical (unpaired) electrons. The highest BCUT2D eigenvalue weighted by Crippen LogP contribution is 2.35. The van der Waals surface area contributed by atoms with Gasteiger partial charge in [-0.1, -0.05) is 23.2 Å². The molecular weight excluding hydrogens is 221 g/mol. The van der Waals surface area contributed by atoms with Crippen molar-refractivity contribution in [3.63, 3.8) is 0 Å². The van der Waals surface area contributed by atoms with Gasteiger partial charge in [0.25, 0.3) is 0 Å². The van der Waals surface area contributed by atoms with Crippen molar-refractivity contribution in [3.05, 3.63) is 33.3 Å². The minimum Gasteiger partial charge on any atom is -0.391 e. The molecule has 14 heavy (non-hydrogen) atoms. The summed E-state index contributed by atoms with van der Waals surface area (Å²) in [6.45, 7) is 0. The summed E-state index contributed by atoms with van der Waals surface area (Å²) in [6, 6.07) is 3.15. The lowest BCUT2D eigenvalue weighted by Gasteiger charge is -2.28. The Hall–Kier alpha value is -0.280. The molecule has 1 aliphatic carbocycles. The first kappa shape index (κ1) is 10.2. The molecule has 0 aliphatic heterocycles. The van der Waals surface area contributed by atoms with Crippen molar-refractivity contribution in [2.24, 2.45) is 5.73 Å². The van der Waals surface area contributed by atoms with E-state index in [0.29, 0.717) is 16.5 Å². The van der Waals surface area contributed by atoms with Crippen LogP contribution in [0, 0.1) is 0 Å². The summed E-state index contributed by atoms with van der Waals surface area (Å²) < 4.78 is 0. The van der Waals surface area contributed by atoms with Crippen LogP contribution in [0.3, 0.4) is 0 Å². The van der Waals surface area contributed by atoms with Crippen molar-refractivity contribution in [1.82, 2.24) is 0 Å². The Bertz CT molecular complexity index is 367. The summed E-state index contributed by atoms with van der Waals surface area (Å²) in [5, 5.41) is 10.8. The molecule has 0 saturated carbocycles. The van der Waals surface area contributed by atoms with Crippen LogP contribution in [-0.4, -0.2) is 11.2 Å². The molecule has 0 heterocycles. The molecular formula is C10H11Cl2NO. The highest BCUT2D eigenvalue weighted by atomic mass is 35.5. The number of halogens is 2. The number of rotatable bonds is 0. The highest BCUT2D eigenvalue weighted by molar-refractivity contribution is 6.35. The number of hydrogen-bond acceptors (Lipinski definition) is 2.